The van der Waals surface area contributed by atoms with Crippen LogP contribution in [0.3, 0.4) is 0 Å². The van der Waals surface area contributed by atoms with Gasteiger partial charge in [-0.25, -0.2) is 4.52 Å². The van der Waals surface area contributed by atoms with E-state index in [2.05, 4.69) is 17.0 Å². The van der Waals surface area contributed by atoms with Crippen molar-refractivity contribution in [1.29, 1.82) is 0 Å². The van der Waals surface area contributed by atoms with Gasteiger partial charge < -0.3 is 9.88 Å². The van der Waals surface area contributed by atoms with Crippen molar-refractivity contribution in [2.45, 2.75) is 19.4 Å². The minimum Gasteiger partial charge on any atom is -0.365 e. The smallest absolute Gasteiger partial charge is 0.274 e. The molecular formula is C16H15ClN4O. The van der Waals surface area contributed by atoms with Gasteiger partial charge in [0, 0.05) is 31.1 Å². The third kappa shape index (κ3) is 2.01. The second-order valence-electron chi connectivity index (χ2n) is 5.58. The molecule has 0 saturated heterocycles. The number of aromatic nitrogens is 3. The molecule has 1 aliphatic heterocycles. The first-order chi connectivity index (χ1) is 10.6. The molecule has 1 atom stereocenters. The summed E-state index contributed by atoms with van der Waals surface area (Å²) in [6.07, 6.45) is 4.48. The summed E-state index contributed by atoms with van der Waals surface area (Å²) in [6, 6.07) is 7.55. The molecule has 0 saturated carbocycles. The van der Waals surface area contributed by atoms with Crippen molar-refractivity contribution in [1.82, 2.24) is 19.5 Å². The highest BCUT2D eigenvalue weighted by Crippen LogP contribution is 2.29. The van der Waals surface area contributed by atoms with E-state index in [0.29, 0.717) is 17.3 Å². The van der Waals surface area contributed by atoms with Crippen LogP contribution in [0.5, 0.6) is 0 Å². The van der Waals surface area contributed by atoms with Crippen LogP contribution in [0.1, 0.15) is 34.7 Å². The van der Waals surface area contributed by atoms with Crippen LogP contribution >= 0.6 is 11.6 Å². The fraction of sp³-hybridized carbons (Fsp3) is 0.250. The summed E-state index contributed by atoms with van der Waals surface area (Å²) >= 11 is 5.96. The van der Waals surface area contributed by atoms with E-state index in [9.17, 15) is 4.79 Å². The van der Waals surface area contributed by atoms with Crippen molar-refractivity contribution in [2.24, 2.45) is 0 Å². The maximum atomic E-state index is 12.8. The van der Waals surface area contributed by atoms with Gasteiger partial charge in [-0.15, -0.1) is 0 Å². The lowest BCUT2D eigenvalue weighted by molar-refractivity contribution is 0.0670. The van der Waals surface area contributed by atoms with Crippen molar-refractivity contribution in [3.8, 4) is 0 Å². The molecule has 1 aliphatic rings. The molecule has 0 spiro atoms. The number of nitrogens with zero attached hydrogens (tertiary/aromatic N) is 3. The zero-order chi connectivity index (χ0) is 15.3. The Morgan fingerprint density at radius 1 is 1.41 bits per heavy atom. The standard InChI is InChI=1S/C16H15ClN4O/c1-10-13-4-6-18-14(13)5-7-20(10)16(22)15-8-12-3-2-11(17)9-21(12)19-15/h2-4,6,8-10,18H,5,7H2,1H3. The number of carbonyl (C=O) groups is 1. The second-order valence-corrected chi connectivity index (χ2v) is 6.02. The van der Waals surface area contributed by atoms with E-state index in [0.717, 1.165) is 11.9 Å². The molecular weight excluding hydrogens is 300 g/mol. The molecule has 1 unspecified atom stereocenters. The van der Waals surface area contributed by atoms with E-state index in [1.165, 1.54) is 11.3 Å². The van der Waals surface area contributed by atoms with Gasteiger partial charge in [0.15, 0.2) is 5.69 Å². The lowest BCUT2D eigenvalue weighted by Crippen LogP contribution is -2.38. The van der Waals surface area contributed by atoms with E-state index in [1.54, 1.807) is 22.8 Å². The third-order valence-corrected chi connectivity index (χ3v) is 4.52. The summed E-state index contributed by atoms with van der Waals surface area (Å²) in [6.45, 7) is 2.75. The summed E-state index contributed by atoms with van der Waals surface area (Å²) in [5.74, 6) is -0.0424. The van der Waals surface area contributed by atoms with Crippen molar-refractivity contribution in [3.05, 3.63) is 58.6 Å². The molecule has 0 aliphatic carbocycles. The molecule has 6 heteroatoms. The van der Waals surface area contributed by atoms with Crippen LogP contribution in [-0.2, 0) is 6.42 Å². The van der Waals surface area contributed by atoms with Gasteiger partial charge in [-0.2, -0.15) is 5.10 Å². The lowest BCUT2D eigenvalue weighted by atomic mass is 10.00. The predicted molar refractivity (Wildman–Crippen MR) is 84.2 cm³/mol. The number of H-pyrrole nitrogens is 1. The van der Waals surface area contributed by atoms with Gasteiger partial charge in [0.2, 0.25) is 0 Å². The summed E-state index contributed by atoms with van der Waals surface area (Å²) in [4.78, 5) is 17.9. The molecule has 3 aromatic rings. The maximum absolute atomic E-state index is 12.8. The van der Waals surface area contributed by atoms with Crippen LogP contribution in [0.4, 0.5) is 0 Å². The van der Waals surface area contributed by atoms with Crippen LogP contribution in [0, 0.1) is 0 Å². The quantitative estimate of drug-likeness (QED) is 0.750. The van der Waals surface area contributed by atoms with Crippen LogP contribution in [0.2, 0.25) is 5.02 Å². The van der Waals surface area contributed by atoms with Gasteiger partial charge in [-0.3, -0.25) is 4.79 Å². The number of halogens is 1. The Morgan fingerprint density at radius 2 is 2.27 bits per heavy atom. The van der Waals surface area contributed by atoms with Gasteiger partial charge in [0.05, 0.1) is 16.6 Å². The molecule has 0 bridgehead atoms. The third-order valence-electron chi connectivity index (χ3n) is 4.29. The normalized spacial score (nSPS) is 17.7. The first-order valence-corrected chi connectivity index (χ1v) is 7.63. The number of hydrogen-bond donors (Lipinski definition) is 1. The molecule has 5 nitrogen and oxygen atoms in total. The van der Waals surface area contributed by atoms with Crippen molar-refractivity contribution >= 4 is 23.0 Å². The number of aromatic amines is 1. The number of fused-ring (bicyclic) bond motifs is 2. The van der Waals surface area contributed by atoms with E-state index in [-0.39, 0.29) is 11.9 Å². The number of amides is 1. The van der Waals surface area contributed by atoms with E-state index >= 15 is 0 Å². The zero-order valence-electron chi connectivity index (χ0n) is 12.1. The van der Waals surface area contributed by atoms with Crippen LogP contribution in [-0.4, -0.2) is 31.9 Å². The minimum atomic E-state index is -0.0424. The van der Waals surface area contributed by atoms with Gasteiger partial charge in [-0.1, -0.05) is 11.6 Å². The maximum Gasteiger partial charge on any atom is 0.274 e. The number of nitrogens with one attached hydrogen (secondary N) is 1. The molecule has 22 heavy (non-hydrogen) atoms. The molecule has 0 aromatic carbocycles. The Morgan fingerprint density at radius 3 is 3.14 bits per heavy atom. The predicted octanol–water partition coefficient (Wildman–Crippen LogP) is 3.08. The molecule has 0 radical (unpaired) electrons. The van der Waals surface area contributed by atoms with Crippen molar-refractivity contribution in [2.75, 3.05) is 6.54 Å². The van der Waals surface area contributed by atoms with Crippen LogP contribution in [0.15, 0.2) is 36.7 Å². The first-order valence-electron chi connectivity index (χ1n) is 7.25. The average molecular weight is 315 g/mol. The summed E-state index contributed by atoms with van der Waals surface area (Å²) < 4.78 is 1.64. The Balaban J connectivity index is 1.68. The number of rotatable bonds is 1. The van der Waals surface area contributed by atoms with E-state index in [4.69, 9.17) is 11.6 Å². The second kappa shape index (κ2) is 4.88. The number of hydrogen-bond acceptors (Lipinski definition) is 2. The Kier molecular flexibility index (Phi) is 2.97. The molecule has 0 fully saturated rings. The largest absolute Gasteiger partial charge is 0.365 e. The van der Waals surface area contributed by atoms with Gasteiger partial charge in [0.25, 0.3) is 5.91 Å². The summed E-state index contributed by atoms with van der Waals surface area (Å²) in [7, 11) is 0. The first kappa shape index (κ1) is 13.4. The molecule has 1 N–H and O–H groups in total. The van der Waals surface area contributed by atoms with Gasteiger partial charge in [0.1, 0.15) is 0 Å². The average Bonchev–Trinajstić information content (AvgIpc) is 3.12. The topological polar surface area (TPSA) is 53.4 Å². The summed E-state index contributed by atoms with van der Waals surface area (Å²) in [5.41, 5.74) is 3.72. The Hall–Kier alpha value is -2.27. The van der Waals surface area contributed by atoms with Gasteiger partial charge >= 0.3 is 0 Å². The highest BCUT2D eigenvalue weighted by molar-refractivity contribution is 6.30. The number of pyridine rings is 1. The fourth-order valence-electron chi connectivity index (χ4n) is 3.11. The molecule has 3 aromatic heterocycles. The molecule has 4 rings (SSSR count). The monoisotopic (exact) mass is 314 g/mol. The van der Waals surface area contributed by atoms with E-state index < -0.39 is 0 Å². The van der Waals surface area contributed by atoms with Gasteiger partial charge in [-0.05, 0) is 36.8 Å². The summed E-state index contributed by atoms with van der Waals surface area (Å²) in [5, 5.41) is 4.96. The van der Waals surface area contributed by atoms with Crippen molar-refractivity contribution in [3.63, 3.8) is 0 Å². The highest BCUT2D eigenvalue weighted by atomic mass is 35.5. The lowest BCUT2D eigenvalue weighted by Gasteiger charge is -2.33. The van der Waals surface area contributed by atoms with Crippen molar-refractivity contribution < 1.29 is 4.79 Å². The Bertz CT molecular complexity index is 866. The SMILES string of the molecule is CC1c2cc[nH]c2CCN1C(=O)c1cc2ccc(Cl)cn2n1. The minimum absolute atomic E-state index is 0.0424. The zero-order valence-corrected chi connectivity index (χ0v) is 12.8. The molecule has 1 amide bonds. The molecule has 4 heterocycles. The van der Waals surface area contributed by atoms with E-state index in [1.807, 2.05) is 23.2 Å². The number of carbonyl (C=O) groups excluding carboxylic acids is 1. The van der Waals surface area contributed by atoms with Crippen LogP contribution < -0.4 is 0 Å². The Labute approximate surface area is 132 Å². The molecule has 112 valence electrons. The highest BCUT2D eigenvalue weighted by Gasteiger charge is 2.30. The van der Waals surface area contributed by atoms with Crippen LogP contribution in [0.25, 0.3) is 5.52 Å². The fourth-order valence-corrected chi connectivity index (χ4v) is 3.26.